The summed E-state index contributed by atoms with van der Waals surface area (Å²) >= 11 is 1.47. The number of thiophene rings is 1. The maximum atomic E-state index is 12.8. The van der Waals surface area contributed by atoms with Crippen LogP contribution in [-0.2, 0) is 13.1 Å². The van der Waals surface area contributed by atoms with Crippen molar-refractivity contribution in [1.29, 1.82) is 0 Å². The molecule has 0 radical (unpaired) electrons. The molecule has 0 saturated heterocycles. The summed E-state index contributed by atoms with van der Waals surface area (Å²) in [6, 6.07) is 15.1. The minimum Gasteiger partial charge on any atom is -0.447 e. The predicted octanol–water partition coefficient (Wildman–Crippen LogP) is 3.85. The molecule has 0 spiro atoms. The summed E-state index contributed by atoms with van der Waals surface area (Å²) in [5.41, 5.74) is 7.61. The Morgan fingerprint density at radius 1 is 1.00 bits per heavy atom. The number of hydrogen-bond acceptors (Lipinski definition) is 8. The van der Waals surface area contributed by atoms with Crippen LogP contribution in [0.2, 0.25) is 0 Å². The minimum atomic E-state index is -0.314. The van der Waals surface area contributed by atoms with Crippen LogP contribution in [0.3, 0.4) is 0 Å². The van der Waals surface area contributed by atoms with E-state index in [2.05, 4.69) is 25.6 Å². The van der Waals surface area contributed by atoms with Gasteiger partial charge in [-0.3, -0.25) is 14.8 Å². The van der Waals surface area contributed by atoms with Crippen molar-refractivity contribution in [2.75, 3.05) is 11.1 Å². The Morgan fingerprint density at radius 2 is 1.87 bits per heavy atom. The summed E-state index contributed by atoms with van der Waals surface area (Å²) in [6.45, 7) is 0.752. The highest BCUT2D eigenvalue weighted by molar-refractivity contribution is 7.13. The second-order valence-electron chi connectivity index (χ2n) is 6.49. The number of aromatic nitrogens is 3. The first-order chi connectivity index (χ1) is 15.2. The van der Waals surface area contributed by atoms with Gasteiger partial charge in [-0.15, -0.1) is 11.3 Å². The predicted molar refractivity (Wildman–Crippen MR) is 120 cm³/mol. The van der Waals surface area contributed by atoms with Gasteiger partial charge in [-0.05, 0) is 30.3 Å². The highest BCUT2D eigenvalue weighted by Gasteiger charge is 2.16. The number of nitrogens with one attached hydrogen (secondary N) is 2. The van der Waals surface area contributed by atoms with Gasteiger partial charge in [0.2, 0.25) is 0 Å². The minimum absolute atomic E-state index is 0.154. The second-order valence-corrected chi connectivity index (χ2v) is 7.62. The highest BCUT2D eigenvalue weighted by Crippen LogP contribution is 2.29. The summed E-state index contributed by atoms with van der Waals surface area (Å²) in [4.78, 5) is 26.1. The molecule has 4 rings (SSSR count). The van der Waals surface area contributed by atoms with Crippen molar-refractivity contribution < 1.29 is 9.53 Å². The Balaban J connectivity index is 1.39. The molecule has 0 saturated carbocycles. The van der Waals surface area contributed by atoms with Crippen LogP contribution in [0.15, 0.2) is 73.3 Å². The van der Waals surface area contributed by atoms with Gasteiger partial charge in [-0.1, -0.05) is 18.2 Å². The third-order valence-corrected chi connectivity index (χ3v) is 5.27. The first-order valence-electron chi connectivity index (χ1n) is 9.52. The molecule has 4 aromatic rings. The molecule has 0 atom stereocenters. The Bertz CT molecular complexity index is 1150. The molecule has 0 aliphatic heterocycles. The van der Waals surface area contributed by atoms with Gasteiger partial charge in [0.15, 0.2) is 5.06 Å². The number of amides is 1. The average molecular weight is 433 g/mol. The molecule has 0 aliphatic carbocycles. The second kappa shape index (κ2) is 9.68. The Morgan fingerprint density at radius 3 is 2.68 bits per heavy atom. The summed E-state index contributed by atoms with van der Waals surface area (Å²) < 4.78 is 5.82. The monoisotopic (exact) mass is 432 g/mol. The number of carbonyl (C=O) groups excluding carboxylic acids is 1. The number of nitrogens with two attached hydrogens (primary N) is 1. The maximum Gasteiger partial charge on any atom is 0.257 e. The van der Waals surface area contributed by atoms with Gasteiger partial charge in [-0.2, -0.15) is 0 Å². The molecule has 3 aromatic heterocycles. The van der Waals surface area contributed by atoms with E-state index in [1.165, 1.54) is 11.3 Å². The van der Waals surface area contributed by atoms with Crippen LogP contribution in [0.5, 0.6) is 10.8 Å². The summed E-state index contributed by atoms with van der Waals surface area (Å²) in [5, 5.41) is 6.83. The fourth-order valence-electron chi connectivity index (χ4n) is 2.84. The number of nitrogen functional groups attached to an aromatic ring is 1. The number of hydrogen-bond donors (Lipinski definition) is 3. The molecule has 4 N–H and O–H groups in total. The number of carbonyl (C=O) groups is 1. The van der Waals surface area contributed by atoms with E-state index < -0.39 is 0 Å². The third-order valence-electron chi connectivity index (χ3n) is 4.31. The maximum absolute atomic E-state index is 12.8. The molecular weight excluding hydrogens is 412 g/mol. The van der Waals surface area contributed by atoms with Crippen LogP contribution >= 0.6 is 11.3 Å². The SMILES string of the molecule is Nc1nccc(NCc2cnccn2)c1C(=O)NCc1ccc(Oc2ccccc2)s1. The topological polar surface area (TPSA) is 115 Å². The van der Waals surface area contributed by atoms with E-state index in [1.54, 1.807) is 30.9 Å². The largest absolute Gasteiger partial charge is 0.447 e. The number of rotatable bonds is 8. The molecule has 8 nitrogen and oxygen atoms in total. The standard InChI is InChI=1S/C22H20N6O2S/c23-21-20(18(8-9-26-21)27-13-15-12-24-10-11-25-15)22(29)28-14-17-6-7-19(31-17)30-16-4-2-1-3-5-16/h1-12H,13-14H2,(H,28,29)(H3,23,26,27). The zero-order chi connectivity index (χ0) is 21.5. The Kier molecular flexibility index (Phi) is 6.34. The first kappa shape index (κ1) is 20.3. The van der Waals surface area contributed by atoms with Crippen molar-refractivity contribution in [3.63, 3.8) is 0 Å². The van der Waals surface area contributed by atoms with Crippen molar-refractivity contribution in [3.05, 3.63) is 89.5 Å². The van der Waals surface area contributed by atoms with Gasteiger partial charge < -0.3 is 21.1 Å². The van der Waals surface area contributed by atoms with Crippen LogP contribution in [0.4, 0.5) is 11.5 Å². The van der Waals surface area contributed by atoms with E-state index in [1.807, 2.05) is 42.5 Å². The van der Waals surface area contributed by atoms with E-state index in [9.17, 15) is 4.79 Å². The van der Waals surface area contributed by atoms with Gasteiger partial charge in [0.1, 0.15) is 17.1 Å². The van der Waals surface area contributed by atoms with Gasteiger partial charge in [0, 0.05) is 23.5 Å². The molecule has 31 heavy (non-hydrogen) atoms. The van der Waals surface area contributed by atoms with Gasteiger partial charge in [-0.25, -0.2) is 4.98 Å². The number of para-hydroxylation sites is 1. The normalized spacial score (nSPS) is 10.5. The Hall–Kier alpha value is -3.98. The summed E-state index contributed by atoms with van der Waals surface area (Å²) in [6.07, 6.45) is 6.43. The molecule has 3 heterocycles. The number of anilines is 2. The lowest BCUT2D eigenvalue weighted by molar-refractivity contribution is 0.0952. The quantitative estimate of drug-likeness (QED) is 0.387. The molecule has 156 valence electrons. The molecule has 1 amide bonds. The van der Waals surface area contributed by atoms with Gasteiger partial charge >= 0.3 is 0 Å². The van der Waals surface area contributed by atoms with Crippen LogP contribution in [-0.4, -0.2) is 20.9 Å². The lowest BCUT2D eigenvalue weighted by Crippen LogP contribution is -2.25. The van der Waals surface area contributed by atoms with Gasteiger partial charge in [0.25, 0.3) is 5.91 Å². The van der Waals surface area contributed by atoms with Crippen molar-refractivity contribution in [3.8, 4) is 10.8 Å². The van der Waals surface area contributed by atoms with E-state index >= 15 is 0 Å². The van der Waals surface area contributed by atoms with E-state index in [0.29, 0.717) is 24.3 Å². The van der Waals surface area contributed by atoms with Crippen molar-refractivity contribution >= 4 is 28.7 Å². The lowest BCUT2D eigenvalue weighted by atomic mass is 10.2. The summed E-state index contributed by atoms with van der Waals surface area (Å²) in [5.74, 6) is 0.606. The van der Waals surface area contributed by atoms with E-state index in [4.69, 9.17) is 10.5 Å². The van der Waals surface area contributed by atoms with Crippen molar-refractivity contribution in [2.24, 2.45) is 0 Å². The molecule has 0 aliphatic rings. The highest BCUT2D eigenvalue weighted by atomic mass is 32.1. The number of nitrogens with zero attached hydrogens (tertiary/aromatic N) is 3. The molecule has 1 aromatic carbocycles. The van der Waals surface area contributed by atoms with E-state index in [-0.39, 0.29) is 11.7 Å². The fourth-order valence-corrected chi connectivity index (χ4v) is 3.65. The fraction of sp³-hybridized carbons (Fsp3) is 0.0909. The smallest absolute Gasteiger partial charge is 0.257 e. The summed E-state index contributed by atoms with van der Waals surface area (Å²) in [7, 11) is 0. The van der Waals surface area contributed by atoms with Crippen LogP contribution in [0.25, 0.3) is 0 Å². The Labute approximate surface area is 183 Å². The van der Waals surface area contributed by atoms with E-state index in [0.717, 1.165) is 21.4 Å². The van der Waals surface area contributed by atoms with Crippen LogP contribution in [0.1, 0.15) is 20.9 Å². The van der Waals surface area contributed by atoms with Crippen molar-refractivity contribution in [1.82, 2.24) is 20.3 Å². The van der Waals surface area contributed by atoms with Crippen molar-refractivity contribution in [2.45, 2.75) is 13.1 Å². The number of benzene rings is 1. The molecule has 0 unspecified atom stereocenters. The zero-order valence-corrected chi connectivity index (χ0v) is 17.3. The van der Waals surface area contributed by atoms with Crippen LogP contribution in [0, 0.1) is 0 Å². The molecule has 0 bridgehead atoms. The molecule has 0 fully saturated rings. The molecular formula is C22H20N6O2S. The lowest BCUT2D eigenvalue weighted by Gasteiger charge is -2.13. The molecule has 9 heteroatoms. The first-order valence-corrected chi connectivity index (χ1v) is 10.3. The number of pyridine rings is 1. The average Bonchev–Trinajstić information content (AvgIpc) is 3.25. The van der Waals surface area contributed by atoms with Crippen LogP contribution < -0.4 is 21.1 Å². The number of ether oxygens (including phenoxy) is 1. The van der Waals surface area contributed by atoms with Gasteiger partial charge in [0.05, 0.1) is 30.7 Å². The zero-order valence-electron chi connectivity index (χ0n) is 16.5. The third kappa shape index (κ3) is 5.34.